The van der Waals surface area contributed by atoms with Gasteiger partial charge in [-0.3, -0.25) is 4.79 Å². The quantitative estimate of drug-likeness (QED) is 0.394. The first-order valence-corrected chi connectivity index (χ1v) is 9.60. The van der Waals surface area contributed by atoms with Crippen LogP contribution in [0, 0.1) is 0 Å². The fourth-order valence-electron chi connectivity index (χ4n) is 2.99. The number of rotatable bonds is 8. The number of benzene rings is 3. The van der Waals surface area contributed by atoms with E-state index in [2.05, 4.69) is 17.2 Å². The van der Waals surface area contributed by atoms with Crippen LogP contribution in [-0.4, -0.2) is 26.0 Å². The van der Waals surface area contributed by atoms with E-state index in [9.17, 15) is 13.6 Å². The van der Waals surface area contributed by atoms with Gasteiger partial charge in [0.15, 0.2) is 0 Å². The molecule has 0 aliphatic heterocycles. The number of likely N-dealkylation sites (N-methyl/N-ethyl adjacent to an activating group) is 1. The van der Waals surface area contributed by atoms with Crippen LogP contribution in [0.5, 0.6) is 11.5 Å². The summed E-state index contributed by atoms with van der Waals surface area (Å²) in [5.41, 5.74) is 0.215. The molecule has 0 aliphatic rings. The number of hydrogen-bond acceptors (Lipinski definition) is 3. The number of fused-ring (bicyclic) bond motifs is 1. The maximum atomic E-state index is 14.1. The van der Waals surface area contributed by atoms with E-state index in [-0.39, 0.29) is 17.0 Å². The highest BCUT2D eigenvalue weighted by Crippen LogP contribution is 2.36. The van der Waals surface area contributed by atoms with Crippen molar-refractivity contribution in [1.29, 1.82) is 0 Å². The van der Waals surface area contributed by atoms with Crippen LogP contribution in [0.4, 0.5) is 8.78 Å². The first-order valence-electron chi connectivity index (χ1n) is 9.60. The Morgan fingerprint density at radius 3 is 2.47 bits per heavy atom. The molecule has 0 heterocycles. The van der Waals surface area contributed by atoms with E-state index in [1.165, 1.54) is 31.2 Å². The second-order valence-corrected chi connectivity index (χ2v) is 7.03. The Hall–Kier alpha value is -3.25. The number of nitrogens with one attached hydrogen (secondary N) is 2. The molecule has 156 valence electrons. The van der Waals surface area contributed by atoms with Gasteiger partial charge in [0.05, 0.1) is 0 Å². The van der Waals surface area contributed by atoms with Gasteiger partial charge >= 0.3 is 0 Å². The molecule has 0 radical (unpaired) electrons. The van der Waals surface area contributed by atoms with Crippen LogP contribution in [-0.2, 0) is 5.92 Å². The molecular weight excluding hydrogens is 386 g/mol. The van der Waals surface area contributed by atoms with Crippen molar-refractivity contribution in [3.63, 3.8) is 0 Å². The molecule has 3 aromatic rings. The van der Waals surface area contributed by atoms with E-state index in [0.29, 0.717) is 30.2 Å². The predicted octanol–water partition coefficient (Wildman–Crippen LogP) is 5.25. The fraction of sp³-hybridized carbons (Fsp3) is 0.208. The van der Waals surface area contributed by atoms with Gasteiger partial charge in [-0.25, -0.2) is 0 Å². The van der Waals surface area contributed by atoms with Gasteiger partial charge in [0.2, 0.25) is 0 Å². The SMILES string of the molecule is C=C(C)C(F)(F)c1ccc(Oc2cccc3cc(C(=O)NCCNC)ccc23)cc1. The molecule has 0 fully saturated rings. The average Bonchev–Trinajstić information content (AvgIpc) is 2.74. The van der Waals surface area contributed by atoms with Gasteiger partial charge in [-0.05, 0) is 73.5 Å². The highest BCUT2D eigenvalue weighted by atomic mass is 19.3. The minimum Gasteiger partial charge on any atom is -0.457 e. The van der Waals surface area contributed by atoms with E-state index < -0.39 is 5.92 Å². The Labute approximate surface area is 174 Å². The smallest absolute Gasteiger partial charge is 0.294 e. The Balaban J connectivity index is 1.81. The van der Waals surface area contributed by atoms with Gasteiger partial charge in [0.1, 0.15) is 11.5 Å². The summed E-state index contributed by atoms with van der Waals surface area (Å²) < 4.78 is 34.1. The summed E-state index contributed by atoms with van der Waals surface area (Å²) in [5, 5.41) is 7.49. The minimum atomic E-state index is -3.08. The largest absolute Gasteiger partial charge is 0.457 e. The highest BCUT2D eigenvalue weighted by molar-refractivity contribution is 5.99. The molecule has 0 aromatic heterocycles. The number of ether oxygens (including phenoxy) is 1. The predicted molar refractivity (Wildman–Crippen MR) is 115 cm³/mol. The van der Waals surface area contributed by atoms with E-state index in [1.54, 1.807) is 18.2 Å². The van der Waals surface area contributed by atoms with E-state index in [1.807, 2.05) is 25.2 Å². The Bertz CT molecular complexity index is 1060. The minimum absolute atomic E-state index is 0.130. The summed E-state index contributed by atoms with van der Waals surface area (Å²) in [6.45, 7) is 5.88. The van der Waals surface area contributed by atoms with Crippen molar-refractivity contribution < 1.29 is 18.3 Å². The van der Waals surface area contributed by atoms with Gasteiger partial charge in [0.25, 0.3) is 11.8 Å². The fourth-order valence-corrected chi connectivity index (χ4v) is 2.99. The van der Waals surface area contributed by atoms with Gasteiger partial charge < -0.3 is 15.4 Å². The molecule has 0 aliphatic carbocycles. The lowest BCUT2D eigenvalue weighted by molar-refractivity contribution is 0.0385. The van der Waals surface area contributed by atoms with Gasteiger partial charge in [-0.2, -0.15) is 8.78 Å². The van der Waals surface area contributed by atoms with Crippen LogP contribution < -0.4 is 15.4 Å². The number of carbonyl (C=O) groups is 1. The third-order valence-corrected chi connectivity index (χ3v) is 4.74. The van der Waals surface area contributed by atoms with E-state index in [0.717, 1.165) is 10.8 Å². The lowest BCUT2D eigenvalue weighted by atomic mass is 10.0. The van der Waals surface area contributed by atoms with Gasteiger partial charge in [0, 0.05) is 29.6 Å². The molecule has 0 spiro atoms. The first-order chi connectivity index (χ1) is 14.3. The molecule has 2 N–H and O–H groups in total. The summed E-state index contributed by atoms with van der Waals surface area (Å²) >= 11 is 0. The monoisotopic (exact) mass is 410 g/mol. The normalized spacial score (nSPS) is 11.3. The molecule has 3 rings (SSSR count). The van der Waals surface area contributed by atoms with Crippen molar-refractivity contribution in [2.45, 2.75) is 12.8 Å². The number of hydrogen-bond donors (Lipinski definition) is 2. The summed E-state index contributed by atoms with van der Waals surface area (Å²) in [5.74, 6) is -2.21. The Kier molecular flexibility index (Phi) is 6.47. The molecule has 0 saturated carbocycles. The highest BCUT2D eigenvalue weighted by Gasteiger charge is 2.32. The summed E-state index contributed by atoms with van der Waals surface area (Å²) in [6.07, 6.45) is 0. The number of alkyl halides is 2. The maximum Gasteiger partial charge on any atom is 0.294 e. The molecule has 30 heavy (non-hydrogen) atoms. The second-order valence-electron chi connectivity index (χ2n) is 7.03. The van der Waals surface area contributed by atoms with Crippen molar-refractivity contribution in [2.24, 2.45) is 0 Å². The zero-order valence-electron chi connectivity index (χ0n) is 17.0. The van der Waals surface area contributed by atoms with Crippen LogP contribution >= 0.6 is 0 Å². The van der Waals surface area contributed by atoms with E-state index >= 15 is 0 Å². The molecule has 6 heteroatoms. The van der Waals surface area contributed by atoms with Crippen molar-refractivity contribution in [3.8, 4) is 11.5 Å². The lowest BCUT2D eigenvalue weighted by Crippen LogP contribution is -2.30. The summed E-state index contributed by atoms with van der Waals surface area (Å²) in [6, 6.07) is 16.6. The Morgan fingerprint density at radius 1 is 1.07 bits per heavy atom. The van der Waals surface area contributed by atoms with Crippen LogP contribution in [0.3, 0.4) is 0 Å². The standard InChI is InChI=1S/C24H24F2N2O2/c1-16(2)24(25,26)19-8-10-20(11-9-19)30-22-6-4-5-17-15-18(7-12-21(17)22)23(29)28-14-13-27-3/h4-12,15,27H,1,13-14H2,2-3H3,(H,28,29). The molecular formula is C24H24F2N2O2. The van der Waals surface area contributed by atoms with Crippen molar-refractivity contribution >= 4 is 16.7 Å². The van der Waals surface area contributed by atoms with Crippen LogP contribution in [0.25, 0.3) is 10.8 Å². The number of allylic oxidation sites excluding steroid dienone is 1. The molecule has 0 unspecified atom stereocenters. The van der Waals surface area contributed by atoms with Crippen molar-refractivity contribution in [1.82, 2.24) is 10.6 Å². The topological polar surface area (TPSA) is 50.4 Å². The number of carbonyl (C=O) groups excluding carboxylic acids is 1. The average molecular weight is 410 g/mol. The van der Waals surface area contributed by atoms with Crippen LogP contribution in [0.2, 0.25) is 0 Å². The third-order valence-electron chi connectivity index (χ3n) is 4.74. The second kappa shape index (κ2) is 9.05. The molecule has 1 amide bonds. The van der Waals surface area contributed by atoms with Crippen molar-refractivity contribution in [2.75, 3.05) is 20.1 Å². The molecule has 0 saturated heterocycles. The first kappa shape index (κ1) is 21.5. The molecule has 3 aromatic carbocycles. The number of halogens is 2. The van der Waals surface area contributed by atoms with Crippen LogP contribution in [0.15, 0.2) is 72.8 Å². The van der Waals surface area contributed by atoms with E-state index in [4.69, 9.17) is 4.74 Å². The summed E-state index contributed by atoms with van der Waals surface area (Å²) in [7, 11) is 1.82. The van der Waals surface area contributed by atoms with Crippen LogP contribution in [0.1, 0.15) is 22.8 Å². The number of amides is 1. The van der Waals surface area contributed by atoms with Gasteiger partial charge in [-0.1, -0.05) is 18.7 Å². The Morgan fingerprint density at radius 2 is 1.80 bits per heavy atom. The van der Waals surface area contributed by atoms with Gasteiger partial charge in [-0.15, -0.1) is 0 Å². The molecule has 4 nitrogen and oxygen atoms in total. The zero-order chi connectivity index (χ0) is 21.7. The van der Waals surface area contributed by atoms with Crippen molar-refractivity contribution in [3.05, 3.63) is 83.9 Å². The lowest BCUT2D eigenvalue weighted by Gasteiger charge is -2.17. The summed E-state index contributed by atoms with van der Waals surface area (Å²) in [4.78, 5) is 12.3. The zero-order valence-corrected chi connectivity index (χ0v) is 17.0. The molecule has 0 bridgehead atoms. The third kappa shape index (κ3) is 4.66. The maximum absolute atomic E-state index is 14.1. The molecule has 0 atom stereocenters.